The molecule has 8 heteroatoms. The highest BCUT2D eigenvalue weighted by molar-refractivity contribution is 6.03. The van der Waals surface area contributed by atoms with Crippen molar-refractivity contribution in [1.29, 1.82) is 0 Å². The Kier molecular flexibility index (Phi) is 3.87. The molecule has 102 valence electrons. The molecule has 1 aromatic carbocycles. The molecule has 8 nitrogen and oxygen atoms in total. The standard InChI is InChI=1S/C12H11N5O3/c13-16-9-5-6-14-11(7-9)12(18)15-8-1-3-10(4-2-8)17(19)20/h1-7H,13H2,(H,14,16)(H,15,18). The molecule has 2 rings (SSSR count). The van der Waals surface area contributed by atoms with Gasteiger partial charge in [-0.1, -0.05) is 0 Å². The van der Waals surface area contributed by atoms with E-state index in [1.165, 1.54) is 36.5 Å². The molecular weight excluding hydrogens is 262 g/mol. The fourth-order valence-electron chi connectivity index (χ4n) is 1.51. The number of nitro benzene ring substituents is 1. The Labute approximate surface area is 113 Å². The summed E-state index contributed by atoms with van der Waals surface area (Å²) in [5.74, 6) is 4.81. The molecule has 0 atom stereocenters. The summed E-state index contributed by atoms with van der Waals surface area (Å²) in [5.41, 5.74) is 3.53. The number of non-ortho nitro benzene ring substituents is 1. The molecule has 1 aromatic heterocycles. The van der Waals surface area contributed by atoms with Gasteiger partial charge < -0.3 is 10.7 Å². The second-order valence-corrected chi connectivity index (χ2v) is 3.83. The first kappa shape index (κ1) is 13.4. The number of amides is 1. The van der Waals surface area contributed by atoms with E-state index >= 15 is 0 Å². The van der Waals surface area contributed by atoms with Gasteiger partial charge in [-0.05, 0) is 24.3 Å². The van der Waals surface area contributed by atoms with Crippen LogP contribution < -0.4 is 16.6 Å². The van der Waals surface area contributed by atoms with Gasteiger partial charge in [0.1, 0.15) is 5.69 Å². The quantitative estimate of drug-likeness (QED) is 0.441. The van der Waals surface area contributed by atoms with Crippen LogP contribution in [-0.2, 0) is 0 Å². The average Bonchev–Trinajstić information content (AvgIpc) is 2.47. The molecule has 4 N–H and O–H groups in total. The van der Waals surface area contributed by atoms with E-state index in [4.69, 9.17) is 5.84 Å². The Morgan fingerprint density at radius 1 is 1.20 bits per heavy atom. The summed E-state index contributed by atoms with van der Waals surface area (Å²) >= 11 is 0. The van der Waals surface area contributed by atoms with Gasteiger partial charge in [-0.25, -0.2) is 0 Å². The minimum atomic E-state index is -0.510. The van der Waals surface area contributed by atoms with Crippen molar-refractivity contribution in [2.75, 3.05) is 10.7 Å². The van der Waals surface area contributed by atoms with Crippen molar-refractivity contribution in [2.24, 2.45) is 5.84 Å². The number of nitrogens with one attached hydrogen (secondary N) is 2. The number of nitro groups is 1. The molecule has 0 aliphatic carbocycles. The van der Waals surface area contributed by atoms with Gasteiger partial charge in [0.05, 0.1) is 10.6 Å². The summed E-state index contributed by atoms with van der Waals surface area (Å²) in [6, 6.07) is 8.60. The van der Waals surface area contributed by atoms with Gasteiger partial charge in [-0.15, -0.1) is 0 Å². The van der Waals surface area contributed by atoms with Crippen LogP contribution in [0.15, 0.2) is 42.6 Å². The predicted octanol–water partition coefficient (Wildman–Crippen LogP) is 1.53. The fourth-order valence-corrected chi connectivity index (χ4v) is 1.51. The number of carbonyl (C=O) groups excluding carboxylic acids is 1. The van der Waals surface area contributed by atoms with Crippen molar-refractivity contribution < 1.29 is 9.72 Å². The zero-order valence-electron chi connectivity index (χ0n) is 10.2. The molecular formula is C12H11N5O3. The molecule has 0 saturated heterocycles. The average molecular weight is 273 g/mol. The van der Waals surface area contributed by atoms with Crippen molar-refractivity contribution in [3.05, 3.63) is 58.4 Å². The van der Waals surface area contributed by atoms with Crippen LogP contribution in [0.5, 0.6) is 0 Å². The van der Waals surface area contributed by atoms with Gasteiger partial charge in [0.25, 0.3) is 11.6 Å². The van der Waals surface area contributed by atoms with Gasteiger partial charge in [0.2, 0.25) is 0 Å². The van der Waals surface area contributed by atoms with E-state index in [-0.39, 0.29) is 11.4 Å². The number of carbonyl (C=O) groups is 1. The molecule has 2 aromatic rings. The van der Waals surface area contributed by atoms with Crippen molar-refractivity contribution in [3.63, 3.8) is 0 Å². The lowest BCUT2D eigenvalue weighted by molar-refractivity contribution is -0.384. The maximum atomic E-state index is 11.9. The summed E-state index contributed by atoms with van der Waals surface area (Å²) in [5, 5.41) is 13.1. The minimum Gasteiger partial charge on any atom is -0.324 e. The second kappa shape index (κ2) is 5.76. The van der Waals surface area contributed by atoms with Gasteiger partial charge in [-0.3, -0.25) is 25.7 Å². The Hall–Kier alpha value is -3.00. The first-order valence-electron chi connectivity index (χ1n) is 5.58. The smallest absolute Gasteiger partial charge is 0.274 e. The number of rotatable bonds is 4. The summed E-state index contributed by atoms with van der Waals surface area (Å²) in [6.45, 7) is 0. The summed E-state index contributed by atoms with van der Waals surface area (Å²) in [6.07, 6.45) is 1.44. The Balaban J connectivity index is 2.12. The zero-order valence-corrected chi connectivity index (χ0v) is 10.2. The van der Waals surface area contributed by atoms with Crippen LogP contribution in [0.3, 0.4) is 0 Å². The molecule has 0 aliphatic rings. The van der Waals surface area contributed by atoms with Gasteiger partial charge in [-0.2, -0.15) is 0 Å². The van der Waals surface area contributed by atoms with Crippen LogP contribution in [0.4, 0.5) is 17.1 Å². The molecule has 0 spiro atoms. The highest BCUT2D eigenvalue weighted by Crippen LogP contribution is 2.16. The summed E-state index contributed by atoms with van der Waals surface area (Å²) in [4.78, 5) is 25.8. The number of aromatic nitrogens is 1. The highest BCUT2D eigenvalue weighted by atomic mass is 16.6. The van der Waals surface area contributed by atoms with E-state index in [0.717, 1.165) is 0 Å². The van der Waals surface area contributed by atoms with E-state index in [2.05, 4.69) is 15.7 Å². The molecule has 20 heavy (non-hydrogen) atoms. The highest BCUT2D eigenvalue weighted by Gasteiger charge is 2.09. The lowest BCUT2D eigenvalue weighted by Crippen LogP contribution is -2.15. The first-order valence-corrected chi connectivity index (χ1v) is 5.58. The van der Waals surface area contributed by atoms with Crippen LogP contribution >= 0.6 is 0 Å². The van der Waals surface area contributed by atoms with Crippen LogP contribution in [0, 0.1) is 10.1 Å². The van der Waals surface area contributed by atoms with E-state index < -0.39 is 10.8 Å². The first-order chi connectivity index (χ1) is 9.60. The predicted molar refractivity (Wildman–Crippen MR) is 73.1 cm³/mol. The van der Waals surface area contributed by atoms with Crippen molar-refractivity contribution in [1.82, 2.24) is 4.98 Å². The largest absolute Gasteiger partial charge is 0.324 e. The van der Waals surface area contributed by atoms with E-state index in [0.29, 0.717) is 11.4 Å². The normalized spacial score (nSPS) is 9.85. The number of anilines is 2. The van der Waals surface area contributed by atoms with Crippen LogP contribution in [0.2, 0.25) is 0 Å². The number of hydrogen-bond acceptors (Lipinski definition) is 6. The summed E-state index contributed by atoms with van der Waals surface area (Å²) < 4.78 is 0. The van der Waals surface area contributed by atoms with E-state index in [1.807, 2.05) is 0 Å². The molecule has 0 aliphatic heterocycles. The second-order valence-electron chi connectivity index (χ2n) is 3.83. The lowest BCUT2D eigenvalue weighted by atomic mass is 10.2. The number of nitrogen functional groups attached to an aromatic ring is 1. The maximum absolute atomic E-state index is 11.9. The molecule has 0 radical (unpaired) electrons. The third kappa shape index (κ3) is 3.06. The van der Waals surface area contributed by atoms with E-state index in [1.54, 1.807) is 6.07 Å². The van der Waals surface area contributed by atoms with Crippen LogP contribution in [0.25, 0.3) is 0 Å². The number of hydrazine groups is 1. The topological polar surface area (TPSA) is 123 Å². The molecule has 0 bridgehead atoms. The molecule has 1 amide bonds. The third-order valence-corrected chi connectivity index (χ3v) is 2.50. The number of benzene rings is 1. The molecule has 0 fully saturated rings. The summed E-state index contributed by atoms with van der Waals surface area (Å²) in [7, 11) is 0. The Bertz CT molecular complexity index is 642. The molecule has 0 unspecified atom stereocenters. The van der Waals surface area contributed by atoms with Crippen LogP contribution in [0.1, 0.15) is 10.5 Å². The van der Waals surface area contributed by atoms with Crippen molar-refractivity contribution >= 4 is 23.0 Å². The van der Waals surface area contributed by atoms with Crippen LogP contribution in [-0.4, -0.2) is 15.8 Å². The van der Waals surface area contributed by atoms with Gasteiger partial charge in [0.15, 0.2) is 0 Å². The molecule has 1 heterocycles. The van der Waals surface area contributed by atoms with E-state index in [9.17, 15) is 14.9 Å². The number of nitrogens with zero attached hydrogens (tertiary/aromatic N) is 2. The van der Waals surface area contributed by atoms with Gasteiger partial charge >= 0.3 is 0 Å². The Morgan fingerprint density at radius 3 is 2.50 bits per heavy atom. The third-order valence-electron chi connectivity index (χ3n) is 2.50. The number of pyridine rings is 1. The number of hydrogen-bond donors (Lipinski definition) is 3. The minimum absolute atomic E-state index is 0.0459. The maximum Gasteiger partial charge on any atom is 0.274 e. The lowest BCUT2D eigenvalue weighted by Gasteiger charge is -2.05. The monoisotopic (exact) mass is 273 g/mol. The fraction of sp³-hybridized carbons (Fsp3) is 0. The van der Waals surface area contributed by atoms with Crippen molar-refractivity contribution in [2.45, 2.75) is 0 Å². The zero-order chi connectivity index (χ0) is 14.5. The molecule has 0 saturated carbocycles. The van der Waals surface area contributed by atoms with Gasteiger partial charge in [0, 0.05) is 24.0 Å². The van der Waals surface area contributed by atoms with Crippen molar-refractivity contribution in [3.8, 4) is 0 Å². The SMILES string of the molecule is NNc1ccnc(C(=O)Nc2ccc([N+](=O)[O-])cc2)c1. The Morgan fingerprint density at radius 2 is 1.90 bits per heavy atom. The number of nitrogens with two attached hydrogens (primary N) is 1.